The fraction of sp³-hybridized carbons (Fsp3) is 0.263. The minimum Gasteiger partial charge on any atom is -0.353 e. The van der Waals surface area contributed by atoms with Gasteiger partial charge in [0.1, 0.15) is 6.54 Å². The maximum atomic E-state index is 12.6. The molecule has 3 amide bonds. The minimum absolute atomic E-state index is 0.0828. The molecule has 1 atom stereocenters. The molecular formula is C19H20ClN3O2. The molecule has 1 heterocycles. The highest BCUT2D eigenvalue weighted by molar-refractivity contribution is 6.31. The Balaban J connectivity index is 1.78. The number of piperazine rings is 1. The lowest BCUT2D eigenvalue weighted by atomic mass is 9.99. The molecule has 0 radical (unpaired) electrons. The monoisotopic (exact) mass is 357 g/mol. The van der Waals surface area contributed by atoms with E-state index in [1.807, 2.05) is 54.6 Å². The van der Waals surface area contributed by atoms with E-state index >= 15 is 0 Å². The molecule has 0 aromatic heterocycles. The van der Waals surface area contributed by atoms with Crippen LogP contribution < -0.4 is 10.6 Å². The van der Waals surface area contributed by atoms with Gasteiger partial charge >= 0.3 is 6.03 Å². The number of nitrogens with zero attached hydrogens (tertiary/aromatic N) is 1. The third kappa shape index (κ3) is 4.51. The largest absolute Gasteiger partial charge is 0.353 e. The molecule has 0 saturated carbocycles. The number of urea groups is 1. The quantitative estimate of drug-likeness (QED) is 0.883. The van der Waals surface area contributed by atoms with E-state index < -0.39 is 0 Å². The SMILES string of the molecule is O=C1CN(C(=O)N[C@@H](Cc2ccccc2Cl)c2ccccc2)CCN1. The van der Waals surface area contributed by atoms with Gasteiger partial charge in [-0.25, -0.2) is 4.79 Å². The molecule has 25 heavy (non-hydrogen) atoms. The molecule has 1 saturated heterocycles. The standard InChI is InChI=1S/C19H20ClN3O2/c20-16-9-5-4-8-15(16)12-17(14-6-2-1-3-7-14)22-19(25)23-11-10-21-18(24)13-23/h1-9,17H,10-13H2,(H,21,24)(H,22,25)/t17-/m0/s1. The second kappa shape index (κ2) is 8.03. The van der Waals surface area contributed by atoms with Crippen molar-refractivity contribution < 1.29 is 9.59 Å². The number of amides is 3. The van der Waals surface area contributed by atoms with E-state index in [1.54, 1.807) is 0 Å². The average Bonchev–Trinajstić information content (AvgIpc) is 2.63. The van der Waals surface area contributed by atoms with Crippen molar-refractivity contribution in [1.29, 1.82) is 0 Å². The van der Waals surface area contributed by atoms with Gasteiger partial charge in [-0.2, -0.15) is 0 Å². The van der Waals surface area contributed by atoms with Crippen LogP contribution in [-0.4, -0.2) is 36.5 Å². The van der Waals surface area contributed by atoms with Crippen LogP contribution in [-0.2, 0) is 11.2 Å². The summed E-state index contributed by atoms with van der Waals surface area (Å²) in [6.07, 6.45) is 0.579. The number of carbonyl (C=O) groups is 2. The van der Waals surface area contributed by atoms with Gasteiger partial charge in [0.15, 0.2) is 0 Å². The Labute approximate surface area is 152 Å². The predicted molar refractivity (Wildman–Crippen MR) is 97.5 cm³/mol. The molecule has 0 bridgehead atoms. The van der Waals surface area contributed by atoms with Crippen molar-refractivity contribution in [2.75, 3.05) is 19.6 Å². The molecule has 6 heteroatoms. The van der Waals surface area contributed by atoms with Crippen molar-refractivity contribution in [3.05, 3.63) is 70.7 Å². The normalized spacial score (nSPS) is 15.4. The predicted octanol–water partition coefficient (Wildman–Crippen LogP) is 2.77. The molecule has 1 aliphatic rings. The molecule has 2 aromatic rings. The van der Waals surface area contributed by atoms with Crippen LogP contribution in [0.15, 0.2) is 54.6 Å². The molecule has 5 nitrogen and oxygen atoms in total. The van der Waals surface area contributed by atoms with Gasteiger partial charge in [-0.05, 0) is 23.6 Å². The van der Waals surface area contributed by atoms with Crippen LogP contribution in [0.2, 0.25) is 5.02 Å². The summed E-state index contributed by atoms with van der Waals surface area (Å²) < 4.78 is 0. The molecule has 1 fully saturated rings. The maximum absolute atomic E-state index is 12.6. The molecule has 0 unspecified atom stereocenters. The van der Waals surface area contributed by atoms with Crippen molar-refractivity contribution in [1.82, 2.24) is 15.5 Å². The zero-order valence-electron chi connectivity index (χ0n) is 13.7. The van der Waals surface area contributed by atoms with E-state index in [0.29, 0.717) is 24.5 Å². The van der Waals surface area contributed by atoms with Gasteiger partial charge in [-0.15, -0.1) is 0 Å². The van der Waals surface area contributed by atoms with Crippen LogP contribution in [0.5, 0.6) is 0 Å². The van der Waals surface area contributed by atoms with Crippen molar-refractivity contribution in [2.24, 2.45) is 0 Å². The Morgan fingerprint density at radius 2 is 1.88 bits per heavy atom. The van der Waals surface area contributed by atoms with Gasteiger partial charge < -0.3 is 15.5 Å². The van der Waals surface area contributed by atoms with Gasteiger partial charge in [0, 0.05) is 18.1 Å². The molecule has 0 aliphatic carbocycles. The zero-order chi connectivity index (χ0) is 17.6. The molecule has 130 valence electrons. The van der Waals surface area contributed by atoms with Crippen LogP contribution in [0.4, 0.5) is 4.79 Å². The maximum Gasteiger partial charge on any atom is 0.318 e. The summed E-state index contributed by atoms with van der Waals surface area (Å²) in [5.41, 5.74) is 1.96. The Morgan fingerprint density at radius 1 is 1.16 bits per heavy atom. The average molecular weight is 358 g/mol. The number of hydrogen-bond donors (Lipinski definition) is 2. The van der Waals surface area contributed by atoms with Crippen LogP contribution in [0.1, 0.15) is 17.2 Å². The first-order valence-electron chi connectivity index (χ1n) is 8.24. The lowest BCUT2D eigenvalue weighted by Crippen LogP contribution is -2.53. The van der Waals surface area contributed by atoms with E-state index in [2.05, 4.69) is 10.6 Å². The number of benzene rings is 2. The summed E-state index contributed by atoms with van der Waals surface area (Å²) in [6, 6.07) is 16.9. The molecule has 1 aliphatic heterocycles. The lowest BCUT2D eigenvalue weighted by molar-refractivity contribution is -0.123. The third-order valence-electron chi connectivity index (χ3n) is 4.21. The molecule has 0 spiro atoms. The number of hydrogen-bond acceptors (Lipinski definition) is 2. The fourth-order valence-corrected chi connectivity index (χ4v) is 3.09. The third-order valence-corrected chi connectivity index (χ3v) is 4.58. The number of carbonyl (C=O) groups excluding carboxylic acids is 2. The van der Waals surface area contributed by atoms with E-state index in [-0.39, 0.29) is 24.5 Å². The minimum atomic E-state index is -0.240. The van der Waals surface area contributed by atoms with E-state index in [9.17, 15) is 9.59 Å². The highest BCUT2D eigenvalue weighted by atomic mass is 35.5. The van der Waals surface area contributed by atoms with Crippen LogP contribution in [0, 0.1) is 0 Å². The smallest absolute Gasteiger partial charge is 0.318 e. The molecular weight excluding hydrogens is 338 g/mol. The molecule has 2 aromatic carbocycles. The Morgan fingerprint density at radius 3 is 2.60 bits per heavy atom. The summed E-state index contributed by atoms with van der Waals surface area (Å²) in [4.78, 5) is 25.7. The van der Waals surface area contributed by atoms with Crippen LogP contribution in [0.25, 0.3) is 0 Å². The van der Waals surface area contributed by atoms with Crippen LogP contribution >= 0.6 is 11.6 Å². The summed E-state index contributed by atoms with van der Waals surface area (Å²) in [7, 11) is 0. The van der Waals surface area contributed by atoms with E-state index in [0.717, 1.165) is 11.1 Å². The van der Waals surface area contributed by atoms with Crippen molar-refractivity contribution in [3.63, 3.8) is 0 Å². The van der Waals surface area contributed by atoms with Crippen molar-refractivity contribution in [3.8, 4) is 0 Å². The number of rotatable bonds is 4. The van der Waals surface area contributed by atoms with Gasteiger partial charge in [-0.1, -0.05) is 60.1 Å². The van der Waals surface area contributed by atoms with E-state index in [1.165, 1.54) is 4.90 Å². The van der Waals surface area contributed by atoms with Crippen LogP contribution in [0.3, 0.4) is 0 Å². The fourth-order valence-electron chi connectivity index (χ4n) is 2.87. The number of halogens is 1. The summed E-state index contributed by atoms with van der Waals surface area (Å²) >= 11 is 6.28. The molecule has 3 rings (SSSR count). The number of nitrogens with one attached hydrogen (secondary N) is 2. The first-order valence-corrected chi connectivity index (χ1v) is 8.62. The van der Waals surface area contributed by atoms with Gasteiger partial charge in [0.05, 0.1) is 6.04 Å². The second-order valence-corrected chi connectivity index (χ2v) is 6.39. The Bertz CT molecular complexity index is 751. The van der Waals surface area contributed by atoms with Crippen molar-refractivity contribution in [2.45, 2.75) is 12.5 Å². The summed E-state index contributed by atoms with van der Waals surface area (Å²) in [5.74, 6) is -0.135. The van der Waals surface area contributed by atoms with Gasteiger partial charge in [-0.3, -0.25) is 4.79 Å². The van der Waals surface area contributed by atoms with Gasteiger partial charge in [0.2, 0.25) is 5.91 Å². The Kier molecular flexibility index (Phi) is 5.56. The molecule has 2 N–H and O–H groups in total. The summed E-state index contributed by atoms with van der Waals surface area (Å²) in [5, 5.41) is 6.44. The lowest BCUT2D eigenvalue weighted by Gasteiger charge is -2.29. The zero-order valence-corrected chi connectivity index (χ0v) is 14.5. The first-order chi connectivity index (χ1) is 12.1. The Hall–Kier alpha value is -2.53. The topological polar surface area (TPSA) is 61.4 Å². The van der Waals surface area contributed by atoms with E-state index in [4.69, 9.17) is 11.6 Å². The second-order valence-electron chi connectivity index (χ2n) is 5.98. The highest BCUT2D eigenvalue weighted by Gasteiger charge is 2.24. The van der Waals surface area contributed by atoms with Gasteiger partial charge in [0.25, 0.3) is 0 Å². The first kappa shape index (κ1) is 17.3. The highest BCUT2D eigenvalue weighted by Crippen LogP contribution is 2.23. The van der Waals surface area contributed by atoms with Crippen molar-refractivity contribution >= 4 is 23.5 Å². The summed E-state index contributed by atoms with van der Waals surface area (Å²) in [6.45, 7) is 1.07.